The minimum Gasteiger partial charge on any atom is -0.326 e. The molecule has 0 amide bonds. The predicted octanol–water partition coefficient (Wildman–Crippen LogP) is 3.52. The highest BCUT2D eigenvalue weighted by Crippen LogP contribution is 2.28. The van der Waals surface area contributed by atoms with Crippen molar-refractivity contribution in [2.24, 2.45) is 5.73 Å². The topological polar surface area (TPSA) is 72.2 Å². The second-order valence-electron chi connectivity index (χ2n) is 4.48. The Morgan fingerprint density at radius 2 is 2.00 bits per heavy atom. The molecule has 114 valence electrons. The third-order valence-corrected chi connectivity index (χ3v) is 7.30. The van der Waals surface area contributed by atoms with Crippen LogP contribution in [0.4, 0.5) is 0 Å². The molecule has 0 spiro atoms. The Hall–Kier alpha value is -0.250. The number of nitrogens with one attached hydrogen (secondary N) is 1. The molecule has 1 aromatic carbocycles. The molecule has 0 atom stereocenters. The Labute approximate surface area is 145 Å². The van der Waals surface area contributed by atoms with Gasteiger partial charge >= 0.3 is 0 Å². The quantitative estimate of drug-likeness (QED) is 0.727. The van der Waals surface area contributed by atoms with Crippen LogP contribution in [0, 0.1) is 6.92 Å². The number of sulfonamides is 1. The van der Waals surface area contributed by atoms with Gasteiger partial charge in [0.1, 0.15) is 0 Å². The van der Waals surface area contributed by atoms with E-state index in [2.05, 4.69) is 36.6 Å². The van der Waals surface area contributed by atoms with Crippen molar-refractivity contribution in [3.8, 4) is 0 Å². The van der Waals surface area contributed by atoms with Gasteiger partial charge in [0, 0.05) is 32.3 Å². The molecule has 0 aliphatic heterocycles. The van der Waals surface area contributed by atoms with E-state index in [9.17, 15) is 8.42 Å². The van der Waals surface area contributed by atoms with Crippen molar-refractivity contribution in [3.05, 3.63) is 48.5 Å². The molecule has 0 saturated carbocycles. The average Bonchev–Trinajstić information content (AvgIpc) is 2.85. The first-order valence-corrected chi connectivity index (χ1v) is 10.00. The van der Waals surface area contributed by atoms with Crippen LogP contribution in [0.3, 0.4) is 0 Å². The number of benzene rings is 1. The number of thiophene rings is 1. The molecule has 2 rings (SSSR count). The van der Waals surface area contributed by atoms with Crippen LogP contribution >= 0.6 is 43.2 Å². The summed E-state index contributed by atoms with van der Waals surface area (Å²) in [5.41, 5.74) is 7.25. The average molecular weight is 454 g/mol. The molecule has 0 radical (unpaired) electrons. The number of nitrogens with two attached hydrogens (primary N) is 1. The SMILES string of the molecule is Cc1cc(CN)cc(S(=O)(=O)NCc2cc(Br)cs2)c1Br. The third-order valence-electron chi connectivity index (χ3n) is 2.86. The summed E-state index contributed by atoms with van der Waals surface area (Å²) in [7, 11) is -3.60. The Morgan fingerprint density at radius 1 is 1.29 bits per heavy atom. The second-order valence-corrected chi connectivity index (χ2v) is 8.92. The van der Waals surface area contributed by atoms with Crippen LogP contribution in [-0.2, 0) is 23.1 Å². The number of halogens is 2. The second kappa shape index (κ2) is 6.89. The fourth-order valence-electron chi connectivity index (χ4n) is 1.81. The van der Waals surface area contributed by atoms with Gasteiger partial charge < -0.3 is 5.73 Å². The molecule has 1 heterocycles. The zero-order valence-corrected chi connectivity index (χ0v) is 16.0. The molecule has 2 aromatic rings. The lowest BCUT2D eigenvalue weighted by Crippen LogP contribution is -2.23. The Bertz CT molecular complexity index is 758. The van der Waals surface area contributed by atoms with Gasteiger partial charge in [0.05, 0.1) is 4.90 Å². The van der Waals surface area contributed by atoms with Crippen LogP contribution in [0.2, 0.25) is 0 Å². The van der Waals surface area contributed by atoms with E-state index in [-0.39, 0.29) is 11.4 Å². The van der Waals surface area contributed by atoms with Crippen LogP contribution in [-0.4, -0.2) is 8.42 Å². The molecule has 3 N–H and O–H groups in total. The monoisotopic (exact) mass is 452 g/mol. The largest absolute Gasteiger partial charge is 0.326 e. The van der Waals surface area contributed by atoms with Crippen LogP contribution in [0.15, 0.2) is 37.4 Å². The van der Waals surface area contributed by atoms with Gasteiger partial charge in [-0.05, 0) is 62.0 Å². The van der Waals surface area contributed by atoms with Crippen LogP contribution in [0.5, 0.6) is 0 Å². The van der Waals surface area contributed by atoms with Gasteiger partial charge in [-0.3, -0.25) is 0 Å². The smallest absolute Gasteiger partial charge is 0.242 e. The van der Waals surface area contributed by atoms with Gasteiger partial charge in [-0.25, -0.2) is 13.1 Å². The first-order valence-electron chi connectivity index (χ1n) is 6.05. The Morgan fingerprint density at radius 3 is 2.57 bits per heavy atom. The molecule has 0 saturated heterocycles. The van der Waals surface area contributed by atoms with E-state index in [4.69, 9.17) is 5.73 Å². The van der Waals surface area contributed by atoms with Crippen molar-refractivity contribution in [1.29, 1.82) is 0 Å². The minimum absolute atomic E-state index is 0.221. The van der Waals surface area contributed by atoms with E-state index in [0.29, 0.717) is 11.0 Å². The Balaban J connectivity index is 2.29. The van der Waals surface area contributed by atoms with Gasteiger partial charge in [-0.2, -0.15) is 0 Å². The Kier molecular flexibility index (Phi) is 5.61. The lowest BCUT2D eigenvalue weighted by atomic mass is 10.1. The molecule has 0 bridgehead atoms. The fourth-order valence-corrected chi connectivity index (χ4v) is 5.37. The first kappa shape index (κ1) is 17.1. The van der Waals surface area contributed by atoms with Crippen molar-refractivity contribution in [2.75, 3.05) is 0 Å². The summed E-state index contributed by atoms with van der Waals surface area (Å²) in [5, 5.41) is 1.92. The number of aryl methyl sites for hydroxylation is 1. The highest BCUT2D eigenvalue weighted by atomic mass is 79.9. The predicted molar refractivity (Wildman–Crippen MR) is 92.8 cm³/mol. The minimum atomic E-state index is -3.60. The summed E-state index contributed by atoms with van der Waals surface area (Å²) < 4.78 is 29.1. The van der Waals surface area contributed by atoms with Crippen molar-refractivity contribution in [3.63, 3.8) is 0 Å². The standard InChI is InChI=1S/C13H14Br2N2O2S2/c1-8-2-9(5-16)3-12(13(8)15)21(18,19)17-6-11-4-10(14)7-20-11/h2-4,7,17H,5-6,16H2,1H3. The molecule has 4 nitrogen and oxygen atoms in total. The van der Waals surface area contributed by atoms with E-state index in [1.54, 1.807) is 6.07 Å². The van der Waals surface area contributed by atoms with E-state index in [1.165, 1.54) is 11.3 Å². The zero-order valence-electron chi connectivity index (χ0n) is 11.2. The normalized spacial score (nSPS) is 11.8. The summed E-state index contributed by atoms with van der Waals surface area (Å²) in [6, 6.07) is 5.37. The maximum Gasteiger partial charge on any atom is 0.242 e. The lowest BCUT2D eigenvalue weighted by Gasteiger charge is -2.11. The van der Waals surface area contributed by atoms with E-state index in [0.717, 1.165) is 20.5 Å². The number of rotatable bonds is 5. The lowest BCUT2D eigenvalue weighted by molar-refractivity contribution is 0.581. The zero-order chi connectivity index (χ0) is 15.6. The van der Waals surface area contributed by atoms with Crippen LogP contribution in [0.25, 0.3) is 0 Å². The molecule has 8 heteroatoms. The molecule has 21 heavy (non-hydrogen) atoms. The molecule has 1 aromatic heterocycles. The van der Waals surface area contributed by atoms with Gasteiger partial charge in [0.15, 0.2) is 0 Å². The first-order chi connectivity index (χ1) is 9.83. The van der Waals surface area contributed by atoms with Crippen molar-refractivity contribution in [1.82, 2.24) is 4.72 Å². The van der Waals surface area contributed by atoms with Crippen molar-refractivity contribution >= 4 is 53.2 Å². The van der Waals surface area contributed by atoms with Crippen molar-refractivity contribution in [2.45, 2.75) is 24.9 Å². The van der Waals surface area contributed by atoms with Crippen molar-refractivity contribution < 1.29 is 8.42 Å². The summed E-state index contributed by atoms with van der Waals surface area (Å²) in [4.78, 5) is 1.16. The van der Waals surface area contributed by atoms with E-state index >= 15 is 0 Å². The molecule has 0 unspecified atom stereocenters. The maximum atomic E-state index is 12.5. The summed E-state index contributed by atoms with van der Waals surface area (Å²) in [5.74, 6) is 0. The molecule has 0 aliphatic carbocycles. The number of hydrogen-bond donors (Lipinski definition) is 2. The third kappa shape index (κ3) is 4.14. The molecule has 0 fully saturated rings. The van der Waals surface area contributed by atoms with Crippen LogP contribution < -0.4 is 10.5 Å². The van der Waals surface area contributed by atoms with Gasteiger partial charge in [0.25, 0.3) is 0 Å². The summed E-state index contributed by atoms with van der Waals surface area (Å²) in [6.07, 6.45) is 0. The maximum absolute atomic E-state index is 12.5. The molecule has 0 aliphatic rings. The highest BCUT2D eigenvalue weighted by molar-refractivity contribution is 9.10. The van der Waals surface area contributed by atoms with E-state index < -0.39 is 10.0 Å². The van der Waals surface area contributed by atoms with Gasteiger partial charge in [-0.15, -0.1) is 11.3 Å². The summed E-state index contributed by atoms with van der Waals surface area (Å²) >= 11 is 8.19. The molecular formula is C13H14Br2N2O2S2. The number of hydrogen-bond acceptors (Lipinski definition) is 4. The molecular weight excluding hydrogens is 440 g/mol. The highest BCUT2D eigenvalue weighted by Gasteiger charge is 2.19. The summed E-state index contributed by atoms with van der Waals surface area (Å²) in [6.45, 7) is 2.41. The van der Waals surface area contributed by atoms with Gasteiger partial charge in [-0.1, -0.05) is 6.07 Å². The fraction of sp³-hybridized carbons (Fsp3) is 0.231. The van der Waals surface area contributed by atoms with Crippen LogP contribution in [0.1, 0.15) is 16.0 Å². The van der Waals surface area contributed by atoms with Gasteiger partial charge in [0.2, 0.25) is 10.0 Å². The van der Waals surface area contributed by atoms with E-state index in [1.807, 2.05) is 24.4 Å².